The molecule has 1 aromatic carbocycles. The molecule has 0 aliphatic heterocycles. The summed E-state index contributed by atoms with van der Waals surface area (Å²) < 4.78 is 5.58. The van der Waals surface area contributed by atoms with E-state index in [1.165, 1.54) is 5.56 Å². The lowest BCUT2D eigenvalue weighted by Crippen LogP contribution is -2.39. The van der Waals surface area contributed by atoms with Crippen molar-refractivity contribution in [3.8, 4) is 0 Å². The average Bonchev–Trinajstić information content (AvgIpc) is 2.44. The third-order valence-electron chi connectivity index (χ3n) is 3.75. The molecule has 136 valence electrons. The van der Waals surface area contributed by atoms with Gasteiger partial charge < -0.3 is 15.0 Å². The number of benzene rings is 1. The summed E-state index contributed by atoms with van der Waals surface area (Å²) in [6.07, 6.45) is 0.641. The maximum absolute atomic E-state index is 12.6. The molecule has 1 atom stereocenters. The summed E-state index contributed by atoms with van der Waals surface area (Å²) in [7, 11) is 0. The smallest absolute Gasteiger partial charge is 0.410 e. The summed E-state index contributed by atoms with van der Waals surface area (Å²) >= 11 is 0. The van der Waals surface area contributed by atoms with Crippen LogP contribution in [0, 0.1) is 6.92 Å². The van der Waals surface area contributed by atoms with Crippen LogP contribution in [0.2, 0.25) is 0 Å². The van der Waals surface area contributed by atoms with Gasteiger partial charge in [0.15, 0.2) is 0 Å². The number of ether oxygens (including phenoxy) is 1. The molecular formula is C20H34N2O2. The van der Waals surface area contributed by atoms with E-state index in [4.69, 9.17) is 4.74 Å². The average molecular weight is 335 g/mol. The van der Waals surface area contributed by atoms with E-state index in [9.17, 15) is 4.79 Å². The Morgan fingerprint density at radius 3 is 2.38 bits per heavy atom. The van der Waals surface area contributed by atoms with Gasteiger partial charge in [-0.3, -0.25) is 0 Å². The lowest BCUT2D eigenvalue weighted by atomic mass is 10.0. The van der Waals surface area contributed by atoms with Gasteiger partial charge in [-0.2, -0.15) is 0 Å². The number of hydrogen-bond donors (Lipinski definition) is 1. The van der Waals surface area contributed by atoms with E-state index in [1.54, 1.807) is 0 Å². The van der Waals surface area contributed by atoms with E-state index in [0.29, 0.717) is 12.6 Å². The second-order valence-electron chi connectivity index (χ2n) is 7.72. The molecule has 0 unspecified atom stereocenters. The van der Waals surface area contributed by atoms with Gasteiger partial charge in [-0.15, -0.1) is 0 Å². The largest absolute Gasteiger partial charge is 0.444 e. The van der Waals surface area contributed by atoms with Crippen molar-refractivity contribution in [2.75, 3.05) is 11.9 Å². The predicted octanol–water partition coefficient (Wildman–Crippen LogP) is 5.52. The number of nitrogens with one attached hydrogen (secondary N) is 1. The Morgan fingerprint density at radius 2 is 1.88 bits per heavy atom. The van der Waals surface area contributed by atoms with Crippen LogP contribution in [0.1, 0.15) is 72.1 Å². The summed E-state index contributed by atoms with van der Waals surface area (Å²) in [4.78, 5) is 14.4. The van der Waals surface area contributed by atoms with Gasteiger partial charge in [-0.25, -0.2) is 4.79 Å². The Balaban J connectivity index is 3.06. The van der Waals surface area contributed by atoms with Gasteiger partial charge >= 0.3 is 6.09 Å². The highest BCUT2D eigenvalue weighted by molar-refractivity contribution is 5.69. The van der Waals surface area contributed by atoms with Crippen molar-refractivity contribution >= 4 is 11.8 Å². The number of hydrogen-bond acceptors (Lipinski definition) is 3. The lowest BCUT2D eigenvalue weighted by Gasteiger charge is -2.32. The number of rotatable bonds is 6. The highest BCUT2D eigenvalue weighted by Gasteiger charge is 2.26. The third-order valence-corrected chi connectivity index (χ3v) is 3.75. The zero-order valence-electron chi connectivity index (χ0n) is 16.6. The van der Waals surface area contributed by atoms with Crippen LogP contribution in [0.4, 0.5) is 10.5 Å². The van der Waals surface area contributed by atoms with Crippen molar-refractivity contribution in [1.82, 2.24) is 4.90 Å². The Kier molecular flexibility index (Phi) is 7.12. The summed E-state index contributed by atoms with van der Waals surface area (Å²) in [6, 6.07) is 6.68. The summed E-state index contributed by atoms with van der Waals surface area (Å²) in [5.74, 6) is 0. The monoisotopic (exact) mass is 334 g/mol. The first kappa shape index (κ1) is 20.3. The molecule has 0 saturated heterocycles. The molecule has 0 aliphatic carbocycles. The van der Waals surface area contributed by atoms with E-state index in [0.717, 1.165) is 17.7 Å². The van der Waals surface area contributed by atoms with E-state index >= 15 is 0 Å². The van der Waals surface area contributed by atoms with E-state index in [2.05, 4.69) is 58.1 Å². The number of anilines is 1. The second kappa shape index (κ2) is 8.41. The molecule has 0 radical (unpaired) electrons. The van der Waals surface area contributed by atoms with E-state index in [-0.39, 0.29) is 12.1 Å². The number of amides is 1. The number of carbonyl (C=O) groups is 1. The molecule has 0 aliphatic rings. The number of carbonyl (C=O) groups excluding carboxylic acids is 1. The highest BCUT2D eigenvalue weighted by Crippen LogP contribution is 2.27. The normalized spacial score (nSPS) is 12.9. The molecule has 24 heavy (non-hydrogen) atoms. The van der Waals surface area contributed by atoms with Crippen molar-refractivity contribution in [3.05, 3.63) is 29.3 Å². The first-order chi connectivity index (χ1) is 11.0. The molecule has 1 rings (SSSR count). The minimum absolute atomic E-state index is 0.0342. The quantitative estimate of drug-likeness (QED) is 0.744. The molecule has 4 nitrogen and oxygen atoms in total. The van der Waals surface area contributed by atoms with Crippen LogP contribution in [0.15, 0.2) is 18.2 Å². The fraction of sp³-hybridized carbons (Fsp3) is 0.650. The Morgan fingerprint density at radius 1 is 1.25 bits per heavy atom. The Hall–Kier alpha value is -1.71. The summed E-state index contributed by atoms with van der Waals surface area (Å²) in [5.41, 5.74) is 2.96. The molecule has 0 aromatic heterocycles. The molecule has 0 saturated carbocycles. The summed E-state index contributed by atoms with van der Waals surface area (Å²) in [6.45, 7) is 16.9. The molecule has 1 N–H and O–H groups in total. The van der Waals surface area contributed by atoms with Gasteiger partial charge in [0.05, 0.1) is 6.04 Å². The van der Waals surface area contributed by atoms with Gasteiger partial charge in [0.2, 0.25) is 0 Å². The minimum Gasteiger partial charge on any atom is -0.444 e. The minimum atomic E-state index is -0.486. The molecule has 0 fully saturated rings. The van der Waals surface area contributed by atoms with Crippen molar-refractivity contribution in [2.24, 2.45) is 0 Å². The van der Waals surface area contributed by atoms with Crippen molar-refractivity contribution in [2.45, 2.75) is 79.5 Å². The van der Waals surface area contributed by atoms with Crippen LogP contribution < -0.4 is 5.32 Å². The third kappa shape index (κ3) is 6.06. The number of aryl methyl sites for hydroxylation is 1. The topological polar surface area (TPSA) is 41.6 Å². The van der Waals surface area contributed by atoms with E-state index < -0.39 is 5.60 Å². The second-order valence-corrected chi connectivity index (χ2v) is 7.72. The maximum atomic E-state index is 12.6. The van der Waals surface area contributed by atoms with Crippen LogP contribution in [-0.4, -0.2) is 29.2 Å². The molecular weight excluding hydrogens is 300 g/mol. The molecule has 0 spiro atoms. The molecule has 0 heterocycles. The van der Waals surface area contributed by atoms with Crippen molar-refractivity contribution in [3.63, 3.8) is 0 Å². The van der Waals surface area contributed by atoms with Gasteiger partial charge in [0.1, 0.15) is 5.60 Å². The summed E-state index contributed by atoms with van der Waals surface area (Å²) in [5, 5.41) is 3.47. The fourth-order valence-electron chi connectivity index (χ4n) is 2.55. The first-order valence-electron chi connectivity index (χ1n) is 8.91. The van der Waals surface area contributed by atoms with Gasteiger partial charge in [0.25, 0.3) is 0 Å². The predicted molar refractivity (Wildman–Crippen MR) is 102 cm³/mol. The molecule has 0 bridgehead atoms. The zero-order chi connectivity index (χ0) is 18.5. The van der Waals surface area contributed by atoms with Gasteiger partial charge in [-0.05, 0) is 72.1 Å². The van der Waals surface area contributed by atoms with Gasteiger partial charge in [-0.1, -0.05) is 19.1 Å². The van der Waals surface area contributed by atoms with Crippen molar-refractivity contribution in [1.29, 1.82) is 0 Å². The van der Waals surface area contributed by atoms with E-state index in [1.807, 2.05) is 25.7 Å². The molecule has 4 heteroatoms. The maximum Gasteiger partial charge on any atom is 0.410 e. The number of nitrogens with zero attached hydrogens (tertiary/aromatic N) is 1. The standard InChI is InChI=1S/C20H34N2O2/c1-9-12-22(19(23)24-20(6,7)8)16(5)17-11-10-15(4)18(13-17)21-14(2)3/h10-11,13-14,16,21H,9,12H2,1-8H3/t16-/m1/s1. The van der Waals surface area contributed by atoms with Crippen LogP contribution in [0.5, 0.6) is 0 Å². The van der Waals surface area contributed by atoms with Crippen LogP contribution in [0.25, 0.3) is 0 Å². The van der Waals surface area contributed by atoms with Gasteiger partial charge in [0, 0.05) is 18.3 Å². The Bertz CT molecular complexity index is 547. The van der Waals surface area contributed by atoms with Crippen LogP contribution >= 0.6 is 0 Å². The molecule has 1 aromatic rings. The van der Waals surface area contributed by atoms with Crippen LogP contribution in [-0.2, 0) is 4.74 Å². The van der Waals surface area contributed by atoms with Crippen LogP contribution in [0.3, 0.4) is 0 Å². The SMILES string of the molecule is CCCN(C(=O)OC(C)(C)C)[C@H](C)c1ccc(C)c(NC(C)C)c1. The highest BCUT2D eigenvalue weighted by atomic mass is 16.6. The first-order valence-corrected chi connectivity index (χ1v) is 8.91. The fourth-order valence-corrected chi connectivity index (χ4v) is 2.55. The molecule has 1 amide bonds. The zero-order valence-corrected chi connectivity index (χ0v) is 16.6. The van der Waals surface area contributed by atoms with Crippen molar-refractivity contribution < 1.29 is 9.53 Å². The Labute approximate surface area is 147 Å². The lowest BCUT2D eigenvalue weighted by molar-refractivity contribution is 0.0173.